The van der Waals surface area contributed by atoms with Crippen molar-refractivity contribution in [2.45, 2.75) is 18.9 Å². The average Bonchev–Trinajstić information content (AvgIpc) is 2.66. The molecular weight excluding hydrogens is 211 g/mol. The van der Waals surface area contributed by atoms with Gasteiger partial charge in [-0.3, -0.25) is 0 Å². The van der Waals surface area contributed by atoms with Crippen LogP contribution in [-0.2, 0) is 0 Å². The van der Waals surface area contributed by atoms with Gasteiger partial charge in [-0.2, -0.15) is 0 Å². The SMILES string of the molecule is Nc1ccc([C@H]2CCCN2C(=O)O)c(F)c1. The van der Waals surface area contributed by atoms with E-state index in [1.54, 1.807) is 12.1 Å². The predicted molar refractivity (Wildman–Crippen MR) is 57.5 cm³/mol. The maximum atomic E-state index is 13.6. The van der Waals surface area contributed by atoms with E-state index in [4.69, 9.17) is 10.8 Å². The van der Waals surface area contributed by atoms with Crippen molar-refractivity contribution in [2.75, 3.05) is 12.3 Å². The summed E-state index contributed by atoms with van der Waals surface area (Å²) in [5.41, 5.74) is 6.21. The van der Waals surface area contributed by atoms with E-state index in [0.717, 1.165) is 6.42 Å². The third-order valence-corrected chi connectivity index (χ3v) is 2.88. The number of halogens is 1. The van der Waals surface area contributed by atoms with Crippen LogP contribution in [0.3, 0.4) is 0 Å². The molecule has 1 fully saturated rings. The van der Waals surface area contributed by atoms with Gasteiger partial charge in [-0.1, -0.05) is 6.07 Å². The van der Waals surface area contributed by atoms with Crippen LogP contribution in [0.25, 0.3) is 0 Å². The lowest BCUT2D eigenvalue weighted by atomic mass is 10.0. The van der Waals surface area contributed by atoms with Crippen molar-refractivity contribution < 1.29 is 14.3 Å². The van der Waals surface area contributed by atoms with Crippen LogP contribution in [0.2, 0.25) is 0 Å². The minimum Gasteiger partial charge on any atom is -0.465 e. The summed E-state index contributed by atoms with van der Waals surface area (Å²) in [6, 6.07) is 4.01. The summed E-state index contributed by atoms with van der Waals surface area (Å²) < 4.78 is 13.6. The first-order valence-corrected chi connectivity index (χ1v) is 5.14. The van der Waals surface area contributed by atoms with Gasteiger partial charge in [0.15, 0.2) is 0 Å². The van der Waals surface area contributed by atoms with Gasteiger partial charge in [-0.15, -0.1) is 0 Å². The number of nitrogens with zero attached hydrogens (tertiary/aromatic N) is 1. The molecule has 0 spiro atoms. The van der Waals surface area contributed by atoms with Crippen LogP contribution in [0.1, 0.15) is 24.4 Å². The maximum Gasteiger partial charge on any atom is 0.407 e. The quantitative estimate of drug-likeness (QED) is 0.719. The molecule has 0 bridgehead atoms. The largest absolute Gasteiger partial charge is 0.465 e. The highest BCUT2D eigenvalue weighted by Crippen LogP contribution is 2.33. The zero-order valence-corrected chi connectivity index (χ0v) is 8.69. The van der Waals surface area contributed by atoms with Crippen molar-refractivity contribution in [1.29, 1.82) is 0 Å². The Kier molecular flexibility index (Phi) is 2.68. The minimum atomic E-state index is -1.00. The molecule has 1 aliphatic heterocycles. The average molecular weight is 224 g/mol. The number of carboxylic acid groups (broad SMARTS) is 1. The summed E-state index contributed by atoms with van der Waals surface area (Å²) in [5.74, 6) is -0.432. The standard InChI is InChI=1S/C11H13FN2O2/c12-9-6-7(13)3-4-8(9)10-2-1-5-14(10)11(15)16/h3-4,6,10H,1-2,5,13H2,(H,15,16)/t10-/m1/s1. The first-order valence-electron chi connectivity index (χ1n) is 5.14. The van der Waals surface area contributed by atoms with Crippen molar-refractivity contribution in [3.05, 3.63) is 29.6 Å². The Morgan fingerprint density at radius 3 is 2.94 bits per heavy atom. The Bertz CT molecular complexity index is 422. The van der Waals surface area contributed by atoms with Gasteiger partial charge < -0.3 is 15.7 Å². The normalized spacial score (nSPS) is 20.1. The molecule has 0 saturated carbocycles. The van der Waals surface area contributed by atoms with E-state index >= 15 is 0 Å². The minimum absolute atomic E-state index is 0.348. The molecule has 0 unspecified atom stereocenters. The molecule has 86 valence electrons. The Labute approximate surface area is 92.5 Å². The molecule has 0 aliphatic carbocycles. The van der Waals surface area contributed by atoms with Gasteiger partial charge in [0.25, 0.3) is 0 Å². The zero-order chi connectivity index (χ0) is 11.7. The molecule has 1 aromatic carbocycles. The number of benzene rings is 1. The van der Waals surface area contributed by atoms with Gasteiger partial charge in [0.1, 0.15) is 5.82 Å². The van der Waals surface area contributed by atoms with Crippen molar-refractivity contribution in [2.24, 2.45) is 0 Å². The van der Waals surface area contributed by atoms with Gasteiger partial charge in [-0.05, 0) is 25.0 Å². The highest BCUT2D eigenvalue weighted by Gasteiger charge is 2.31. The van der Waals surface area contributed by atoms with Gasteiger partial charge in [0.2, 0.25) is 0 Å². The van der Waals surface area contributed by atoms with Gasteiger partial charge >= 0.3 is 6.09 Å². The second-order valence-corrected chi connectivity index (χ2v) is 3.91. The third kappa shape index (κ3) is 1.80. The fourth-order valence-electron chi connectivity index (χ4n) is 2.13. The molecule has 0 aromatic heterocycles. The number of likely N-dealkylation sites (tertiary alicyclic amines) is 1. The summed E-state index contributed by atoms with van der Waals surface area (Å²) in [4.78, 5) is 12.2. The van der Waals surface area contributed by atoms with Gasteiger partial charge in [0.05, 0.1) is 6.04 Å². The summed E-state index contributed by atoms with van der Waals surface area (Å²) in [5, 5.41) is 8.97. The molecule has 5 heteroatoms. The second kappa shape index (κ2) is 4.00. The van der Waals surface area contributed by atoms with Crippen molar-refractivity contribution in [3.63, 3.8) is 0 Å². The zero-order valence-electron chi connectivity index (χ0n) is 8.69. The molecule has 1 heterocycles. The van der Waals surface area contributed by atoms with E-state index in [2.05, 4.69) is 0 Å². The lowest BCUT2D eigenvalue weighted by Gasteiger charge is -2.22. The van der Waals surface area contributed by atoms with E-state index in [9.17, 15) is 9.18 Å². The van der Waals surface area contributed by atoms with E-state index in [1.165, 1.54) is 11.0 Å². The van der Waals surface area contributed by atoms with Crippen LogP contribution >= 0.6 is 0 Å². The molecule has 0 radical (unpaired) electrons. The first-order chi connectivity index (χ1) is 7.59. The highest BCUT2D eigenvalue weighted by molar-refractivity contribution is 5.66. The third-order valence-electron chi connectivity index (χ3n) is 2.88. The summed E-state index contributed by atoms with van der Waals surface area (Å²) in [6.45, 7) is 0.462. The number of amides is 1. The van der Waals surface area contributed by atoms with Crippen molar-refractivity contribution in [3.8, 4) is 0 Å². The number of nitrogen functional groups attached to an aromatic ring is 1. The van der Waals surface area contributed by atoms with E-state index in [0.29, 0.717) is 24.2 Å². The molecule has 1 saturated heterocycles. The molecule has 3 N–H and O–H groups in total. The van der Waals surface area contributed by atoms with Crippen LogP contribution in [0.5, 0.6) is 0 Å². The number of anilines is 1. The molecule has 2 rings (SSSR count). The monoisotopic (exact) mass is 224 g/mol. The molecule has 1 aliphatic rings. The summed E-state index contributed by atoms with van der Waals surface area (Å²) in [7, 11) is 0. The van der Waals surface area contributed by atoms with Crippen LogP contribution < -0.4 is 5.73 Å². The van der Waals surface area contributed by atoms with E-state index in [1.807, 2.05) is 0 Å². The van der Waals surface area contributed by atoms with E-state index in [-0.39, 0.29) is 6.04 Å². The molecule has 4 nitrogen and oxygen atoms in total. The maximum absolute atomic E-state index is 13.6. The highest BCUT2D eigenvalue weighted by atomic mass is 19.1. The molecule has 16 heavy (non-hydrogen) atoms. The topological polar surface area (TPSA) is 66.6 Å². The summed E-state index contributed by atoms with van der Waals surface area (Å²) >= 11 is 0. The lowest BCUT2D eigenvalue weighted by Crippen LogP contribution is -2.29. The van der Waals surface area contributed by atoms with Gasteiger partial charge in [-0.25, -0.2) is 9.18 Å². The fraction of sp³-hybridized carbons (Fsp3) is 0.364. The molecular formula is C11H13FN2O2. The Balaban J connectivity index is 2.32. The Morgan fingerprint density at radius 2 is 2.31 bits per heavy atom. The smallest absolute Gasteiger partial charge is 0.407 e. The first kappa shape index (κ1) is 10.7. The lowest BCUT2D eigenvalue weighted by molar-refractivity contribution is 0.139. The van der Waals surface area contributed by atoms with E-state index < -0.39 is 11.9 Å². The number of rotatable bonds is 1. The number of nitrogens with two attached hydrogens (primary N) is 1. The molecule has 1 amide bonds. The number of hydrogen-bond donors (Lipinski definition) is 2. The van der Waals surface area contributed by atoms with Crippen molar-refractivity contribution >= 4 is 11.8 Å². The fourth-order valence-corrected chi connectivity index (χ4v) is 2.13. The second-order valence-electron chi connectivity index (χ2n) is 3.91. The van der Waals surface area contributed by atoms with Crippen LogP contribution in [0, 0.1) is 5.82 Å². The van der Waals surface area contributed by atoms with Gasteiger partial charge in [0, 0.05) is 17.8 Å². The molecule has 1 aromatic rings. The van der Waals surface area contributed by atoms with Crippen LogP contribution in [-0.4, -0.2) is 22.6 Å². The van der Waals surface area contributed by atoms with Crippen LogP contribution in [0.15, 0.2) is 18.2 Å². The molecule has 1 atom stereocenters. The van der Waals surface area contributed by atoms with Crippen LogP contribution in [0.4, 0.5) is 14.9 Å². The number of carbonyl (C=O) groups is 1. The van der Waals surface area contributed by atoms with Crippen molar-refractivity contribution in [1.82, 2.24) is 4.90 Å². The number of hydrogen-bond acceptors (Lipinski definition) is 2. The predicted octanol–water partition coefficient (Wildman–Crippen LogP) is 2.22. The Morgan fingerprint density at radius 1 is 1.56 bits per heavy atom. The summed E-state index contributed by atoms with van der Waals surface area (Å²) in [6.07, 6.45) is 0.423. The Hall–Kier alpha value is -1.78.